The first-order valence-electron chi connectivity index (χ1n) is 4.67. The van der Waals surface area contributed by atoms with Crippen molar-refractivity contribution < 1.29 is 9.13 Å². The van der Waals surface area contributed by atoms with Gasteiger partial charge in [-0.25, -0.2) is 4.39 Å². The van der Waals surface area contributed by atoms with Crippen molar-refractivity contribution in [1.82, 2.24) is 5.43 Å². The average Bonchev–Trinajstić information content (AvgIpc) is 2.24. The number of ether oxygens (including phenoxy) is 1. The number of nitrogens with one attached hydrogen (secondary N) is 1. The molecule has 1 aromatic rings. The standard InChI is InChI=1S/C10H14ClFN2O/c1-2-15-6-10(14-13)8-5-7(11)3-4-9(8)12/h3-5,10,14H,2,6,13H2,1H3. The first kappa shape index (κ1) is 12.4. The third kappa shape index (κ3) is 3.43. The summed E-state index contributed by atoms with van der Waals surface area (Å²) in [5.74, 6) is 4.98. The fourth-order valence-electron chi connectivity index (χ4n) is 1.25. The van der Waals surface area contributed by atoms with E-state index in [0.717, 1.165) is 0 Å². The zero-order valence-electron chi connectivity index (χ0n) is 8.47. The van der Waals surface area contributed by atoms with Gasteiger partial charge in [-0.05, 0) is 25.1 Å². The number of hydrazine groups is 1. The lowest BCUT2D eigenvalue weighted by Gasteiger charge is -2.16. The van der Waals surface area contributed by atoms with Gasteiger partial charge in [-0.3, -0.25) is 11.3 Å². The zero-order valence-corrected chi connectivity index (χ0v) is 9.22. The summed E-state index contributed by atoms with van der Waals surface area (Å²) in [5.41, 5.74) is 2.91. The van der Waals surface area contributed by atoms with Gasteiger partial charge in [-0.2, -0.15) is 0 Å². The highest BCUT2D eigenvalue weighted by atomic mass is 35.5. The SMILES string of the molecule is CCOCC(NN)c1cc(Cl)ccc1F. The maximum absolute atomic E-state index is 13.4. The van der Waals surface area contributed by atoms with Crippen molar-refractivity contribution in [2.45, 2.75) is 13.0 Å². The highest BCUT2D eigenvalue weighted by Crippen LogP contribution is 2.21. The normalized spacial score (nSPS) is 12.8. The largest absolute Gasteiger partial charge is 0.380 e. The van der Waals surface area contributed by atoms with E-state index in [1.807, 2.05) is 6.92 Å². The van der Waals surface area contributed by atoms with Crippen LogP contribution in [0.5, 0.6) is 0 Å². The van der Waals surface area contributed by atoms with Crippen molar-refractivity contribution >= 4 is 11.6 Å². The Balaban J connectivity index is 2.85. The molecule has 3 nitrogen and oxygen atoms in total. The molecule has 0 saturated heterocycles. The van der Waals surface area contributed by atoms with Gasteiger partial charge >= 0.3 is 0 Å². The molecule has 1 rings (SSSR count). The smallest absolute Gasteiger partial charge is 0.128 e. The van der Waals surface area contributed by atoms with E-state index in [9.17, 15) is 4.39 Å². The lowest BCUT2D eigenvalue weighted by atomic mass is 10.1. The van der Waals surface area contributed by atoms with Crippen LogP contribution in [0.4, 0.5) is 4.39 Å². The summed E-state index contributed by atoms with van der Waals surface area (Å²) in [4.78, 5) is 0. The first-order valence-corrected chi connectivity index (χ1v) is 5.05. The minimum absolute atomic E-state index is 0.310. The summed E-state index contributed by atoms with van der Waals surface area (Å²) in [6.07, 6.45) is 0. The second-order valence-electron chi connectivity index (χ2n) is 3.04. The molecule has 0 aromatic heterocycles. The van der Waals surface area contributed by atoms with E-state index in [1.54, 1.807) is 6.07 Å². The van der Waals surface area contributed by atoms with Crippen molar-refractivity contribution in [2.75, 3.05) is 13.2 Å². The van der Waals surface area contributed by atoms with Crippen LogP contribution in [0.15, 0.2) is 18.2 Å². The molecule has 5 heteroatoms. The van der Waals surface area contributed by atoms with Crippen molar-refractivity contribution in [2.24, 2.45) is 5.84 Å². The monoisotopic (exact) mass is 232 g/mol. The minimum Gasteiger partial charge on any atom is -0.380 e. The van der Waals surface area contributed by atoms with Crippen molar-refractivity contribution in [1.29, 1.82) is 0 Å². The molecule has 84 valence electrons. The van der Waals surface area contributed by atoms with Crippen molar-refractivity contribution in [3.8, 4) is 0 Å². The Morgan fingerprint density at radius 1 is 1.60 bits per heavy atom. The molecule has 3 N–H and O–H groups in total. The molecular formula is C10H14ClFN2O. The second kappa shape index (κ2) is 6.02. The van der Waals surface area contributed by atoms with Gasteiger partial charge in [0.2, 0.25) is 0 Å². The van der Waals surface area contributed by atoms with Crippen LogP contribution in [-0.4, -0.2) is 13.2 Å². The van der Waals surface area contributed by atoms with Gasteiger partial charge in [0.1, 0.15) is 5.82 Å². The summed E-state index contributed by atoms with van der Waals surface area (Å²) in [6.45, 7) is 2.73. The predicted octanol–water partition coefficient (Wildman–Crippen LogP) is 2.02. The number of halogens is 2. The Hall–Kier alpha value is -0.680. The minimum atomic E-state index is -0.386. The molecule has 0 aliphatic carbocycles. The van der Waals surface area contributed by atoms with E-state index >= 15 is 0 Å². The van der Waals surface area contributed by atoms with E-state index in [0.29, 0.717) is 23.8 Å². The lowest BCUT2D eigenvalue weighted by Crippen LogP contribution is -2.32. The van der Waals surface area contributed by atoms with Gasteiger partial charge in [-0.1, -0.05) is 11.6 Å². The van der Waals surface area contributed by atoms with Gasteiger partial charge in [0, 0.05) is 17.2 Å². The average molecular weight is 233 g/mol. The first-order chi connectivity index (χ1) is 7.19. The van der Waals surface area contributed by atoms with Gasteiger partial charge in [-0.15, -0.1) is 0 Å². The van der Waals surface area contributed by atoms with E-state index in [1.165, 1.54) is 12.1 Å². The summed E-state index contributed by atoms with van der Waals surface area (Å²) >= 11 is 5.78. The van der Waals surface area contributed by atoms with Crippen molar-refractivity contribution in [3.63, 3.8) is 0 Å². The van der Waals surface area contributed by atoms with Gasteiger partial charge in [0.25, 0.3) is 0 Å². The molecule has 0 bridgehead atoms. The molecule has 0 amide bonds. The molecule has 0 saturated carbocycles. The van der Waals surface area contributed by atoms with Gasteiger partial charge < -0.3 is 4.74 Å². The molecule has 0 aliphatic rings. The van der Waals surface area contributed by atoms with Crippen molar-refractivity contribution in [3.05, 3.63) is 34.6 Å². The number of nitrogens with two attached hydrogens (primary N) is 1. The van der Waals surface area contributed by atoms with Crippen LogP contribution in [0.1, 0.15) is 18.5 Å². The molecule has 1 unspecified atom stereocenters. The third-order valence-corrected chi connectivity index (χ3v) is 2.26. The summed E-state index contributed by atoms with van der Waals surface area (Å²) < 4.78 is 18.6. The Morgan fingerprint density at radius 2 is 2.33 bits per heavy atom. The molecule has 0 aliphatic heterocycles. The quantitative estimate of drug-likeness (QED) is 0.603. The topological polar surface area (TPSA) is 47.3 Å². The second-order valence-corrected chi connectivity index (χ2v) is 3.48. The molecule has 1 aromatic carbocycles. The third-order valence-electron chi connectivity index (χ3n) is 2.02. The fraction of sp³-hybridized carbons (Fsp3) is 0.400. The molecule has 0 radical (unpaired) electrons. The molecular weight excluding hydrogens is 219 g/mol. The maximum Gasteiger partial charge on any atom is 0.128 e. The molecule has 0 heterocycles. The predicted molar refractivity (Wildman–Crippen MR) is 58.0 cm³/mol. The van der Waals surface area contributed by atoms with Gasteiger partial charge in [0.15, 0.2) is 0 Å². The lowest BCUT2D eigenvalue weighted by molar-refractivity contribution is 0.122. The molecule has 1 atom stereocenters. The Kier molecular flexibility index (Phi) is 4.98. The van der Waals surface area contributed by atoms with Crippen LogP contribution in [0.3, 0.4) is 0 Å². The van der Waals surface area contributed by atoms with E-state index in [2.05, 4.69) is 5.43 Å². The number of hydrogen-bond acceptors (Lipinski definition) is 3. The number of hydrogen-bond donors (Lipinski definition) is 2. The highest BCUT2D eigenvalue weighted by Gasteiger charge is 2.14. The van der Waals surface area contributed by atoms with E-state index in [4.69, 9.17) is 22.2 Å². The van der Waals surface area contributed by atoms with Gasteiger partial charge in [0.05, 0.1) is 12.6 Å². The van der Waals surface area contributed by atoms with Crippen LogP contribution in [0.2, 0.25) is 5.02 Å². The number of rotatable bonds is 5. The summed E-state index contributed by atoms with van der Waals surface area (Å²) in [7, 11) is 0. The summed E-state index contributed by atoms with van der Waals surface area (Å²) in [6, 6.07) is 3.96. The summed E-state index contributed by atoms with van der Waals surface area (Å²) in [5, 5.41) is 0.475. The molecule has 0 fully saturated rings. The Bertz CT molecular complexity index is 322. The van der Waals surface area contributed by atoms with Crippen LogP contribution >= 0.6 is 11.6 Å². The zero-order chi connectivity index (χ0) is 11.3. The van der Waals surface area contributed by atoms with E-state index < -0.39 is 0 Å². The fourth-order valence-corrected chi connectivity index (χ4v) is 1.43. The van der Waals surface area contributed by atoms with Crippen LogP contribution < -0.4 is 11.3 Å². The van der Waals surface area contributed by atoms with Crippen LogP contribution in [0, 0.1) is 5.82 Å². The molecule has 15 heavy (non-hydrogen) atoms. The highest BCUT2D eigenvalue weighted by molar-refractivity contribution is 6.30. The Morgan fingerprint density at radius 3 is 2.93 bits per heavy atom. The van der Waals surface area contributed by atoms with Crippen LogP contribution in [0.25, 0.3) is 0 Å². The van der Waals surface area contributed by atoms with E-state index in [-0.39, 0.29) is 11.9 Å². The van der Waals surface area contributed by atoms with Crippen LogP contribution in [-0.2, 0) is 4.74 Å². The number of benzene rings is 1. The maximum atomic E-state index is 13.4. The Labute approximate surface area is 93.3 Å². The molecule has 0 spiro atoms.